The van der Waals surface area contributed by atoms with Gasteiger partial charge in [0.05, 0.1) is 20.5 Å². The van der Waals surface area contributed by atoms with Gasteiger partial charge in [-0.3, -0.25) is 0 Å². The van der Waals surface area contributed by atoms with Crippen molar-refractivity contribution in [3.8, 4) is 5.75 Å². The standard InChI is InChI=1S/C12H15NO2/c1-14-8-7-11(13)9-10-3-5-12(15-2)6-4-10/h3-9H,13H2,1-2H3. The Kier molecular flexibility index (Phi) is 4.29. The van der Waals surface area contributed by atoms with Crippen molar-refractivity contribution in [3.05, 3.63) is 47.9 Å². The fourth-order valence-electron chi connectivity index (χ4n) is 1.09. The molecule has 3 heteroatoms. The maximum atomic E-state index is 5.73. The molecule has 0 aliphatic heterocycles. The second-order valence-corrected chi connectivity index (χ2v) is 2.96. The molecule has 0 fully saturated rings. The second kappa shape index (κ2) is 5.75. The summed E-state index contributed by atoms with van der Waals surface area (Å²) in [5, 5.41) is 0. The minimum atomic E-state index is 0.641. The zero-order chi connectivity index (χ0) is 11.1. The van der Waals surface area contributed by atoms with Crippen LogP contribution < -0.4 is 10.5 Å². The van der Waals surface area contributed by atoms with E-state index in [-0.39, 0.29) is 0 Å². The predicted molar refractivity (Wildman–Crippen MR) is 61.3 cm³/mol. The van der Waals surface area contributed by atoms with Crippen molar-refractivity contribution in [1.82, 2.24) is 0 Å². The van der Waals surface area contributed by atoms with Crippen LogP contribution >= 0.6 is 0 Å². The molecule has 0 radical (unpaired) electrons. The van der Waals surface area contributed by atoms with E-state index < -0.39 is 0 Å². The maximum absolute atomic E-state index is 5.73. The molecule has 0 aliphatic rings. The van der Waals surface area contributed by atoms with Gasteiger partial charge in [-0.1, -0.05) is 12.1 Å². The van der Waals surface area contributed by atoms with Crippen molar-refractivity contribution in [1.29, 1.82) is 0 Å². The Morgan fingerprint density at radius 3 is 2.40 bits per heavy atom. The first-order chi connectivity index (χ1) is 7.26. The normalized spacial score (nSPS) is 11.7. The first kappa shape index (κ1) is 11.2. The Morgan fingerprint density at radius 2 is 1.87 bits per heavy atom. The summed E-state index contributed by atoms with van der Waals surface area (Å²) in [5.41, 5.74) is 7.39. The van der Waals surface area contributed by atoms with Gasteiger partial charge in [0.1, 0.15) is 5.75 Å². The Bertz CT molecular complexity index is 352. The SMILES string of the molecule is COC=CC(N)=Cc1ccc(OC)cc1. The van der Waals surface area contributed by atoms with Gasteiger partial charge >= 0.3 is 0 Å². The van der Waals surface area contributed by atoms with Gasteiger partial charge in [-0.05, 0) is 29.8 Å². The van der Waals surface area contributed by atoms with Crippen molar-refractivity contribution in [2.45, 2.75) is 0 Å². The molecule has 0 bridgehead atoms. The second-order valence-electron chi connectivity index (χ2n) is 2.96. The number of hydrogen-bond donors (Lipinski definition) is 1. The van der Waals surface area contributed by atoms with Gasteiger partial charge in [-0.25, -0.2) is 0 Å². The summed E-state index contributed by atoms with van der Waals surface area (Å²) in [5.74, 6) is 0.832. The zero-order valence-electron chi connectivity index (χ0n) is 8.94. The van der Waals surface area contributed by atoms with Crippen molar-refractivity contribution in [2.24, 2.45) is 5.73 Å². The average Bonchev–Trinajstić information content (AvgIpc) is 2.27. The largest absolute Gasteiger partial charge is 0.504 e. The highest BCUT2D eigenvalue weighted by Gasteiger charge is 1.91. The van der Waals surface area contributed by atoms with Crippen molar-refractivity contribution >= 4 is 6.08 Å². The van der Waals surface area contributed by atoms with Crippen LogP contribution in [-0.4, -0.2) is 14.2 Å². The monoisotopic (exact) mass is 205 g/mol. The Hall–Kier alpha value is -1.90. The minimum Gasteiger partial charge on any atom is -0.504 e. The number of benzene rings is 1. The molecule has 0 aliphatic carbocycles. The van der Waals surface area contributed by atoms with Crippen LogP contribution in [0.5, 0.6) is 5.75 Å². The van der Waals surface area contributed by atoms with Crippen LogP contribution in [0.2, 0.25) is 0 Å². The lowest BCUT2D eigenvalue weighted by molar-refractivity contribution is 0.338. The summed E-state index contributed by atoms with van der Waals surface area (Å²) in [6.07, 6.45) is 5.09. The molecule has 80 valence electrons. The molecule has 0 heterocycles. The van der Waals surface area contributed by atoms with E-state index in [1.54, 1.807) is 20.3 Å². The van der Waals surface area contributed by atoms with E-state index in [1.165, 1.54) is 6.26 Å². The van der Waals surface area contributed by atoms with Crippen molar-refractivity contribution in [3.63, 3.8) is 0 Å². The third kappa shape index (κ3) is 3.77. The molecule has 0 spiro atoms. The molecule has 0 saturated heterocycles. The van der Waals surface area contributed by atoms with Crippen LogP contribution in [0.3, 0.4) is 0 Å². The van der Waals surface area contributed by atoms with Crippen LogP contribution in [0, 0.1) is 0 Å². The Morgan fingerprint density at radius 1 is 1.20 bits per heavy atom. The molecule has 2 N–H and O–H groups in total. The van der Waals surface area contributed by atoms with Gasteiger partial charge in [0, 0.05) is 5.70 Å². The van der Waals surface area contributed by atoms with Crippen LogP contribution in [0.25, 0.3) is 6.08 Å². The van der Waals surface area contributed by atoms with Gasteiger partial charge in [-0.15, -0.1) is 0 Å². The highest BCUT2D eigenvalue weighted by Crippen LogP contribution is 2.13. The molecule has 1 aromatic rings. The smallest absolute Gasteiger partial charge is 0.118 e. The molecule has 15 heavy (non-hydrogen) atoms. The number of allylic oxidation sites excluding steroid dienone is 1. The molecule has 0 unspecified atom stereocenters. The summed E-state index contributed by atoms with van der Waals surface area (Å²) in [6, 6.07) is 7.65. The van der Waals surface area contributed by atoms with E-state index in [0.717, 1.165) is 11.3 Å². The van der Waals surface area contributed by atoms with E-state index in [4.69, 9.17) is 15.2 Å². The third-order valence-electron chi connectivity index (χ3n) is 1.85. The van der Waals surface area contributed by atoms with Gasteiger partial charge < -0.3 is 15.2 Å². The Balaban J connectivity index is 2.75. The highest BCUT2D eigenvalue weighted by atomic mass is 16.5. The molecule has 0 amide bonds. The molecule has 1 rings (SSSR count). The van der Waals surface area contributed by atoms with Crippen molar-refractivity contribution in [2.75, 3.05) is 14.2 Å². The average molecular weight is 205 g/mol. The van der Waals surface area contributed by atoms with Crippen LogP contribution in [0.15, 0.2) is 42.3 Å². The predicted octanol–water partition coefficient (Wildman–Crippen LogP) is 2.15. The first-order valence-corrected chi connectivity index (χ1v) is 4.57. The van der Waals surface area contributed by atoms with Gasteiger partial charge in [0.15, 0.2) is 0 Å². The molecule has 0 saturated carbocycles. The van der Waals surface area contributed by atoms with Crippen LogP contribution in [0.4, 0.5) is 0 Å². The van der Waals surface area contributed by atoms with E-state index in [2.05, 4.69) is 0 Å². The summed E-state index contributed by atoms with van der Waals surface area (Å²) < 4.78 is 9.82. The summed E-state index contributed by atoms with van der Waals surface area (Å²) in [6.45, 7) is 0. The summed E-state index contributed by atoms with van der Waals surface area (Å²) in [7, 11) is 3.22. The molecular weight excluding hydrogens is 190 g/mol. The van der Waals surface area contributed by atoms with E-state index in [1.807, 2.05) is 30.3 Å². The van der Waals surface area contributed by atoms with Gasteiger partial charge in [0.2, 0.25) is 0 Å². The minimum absolute atomic E-state index is 0.641. The van der Waals surface area contributed by atoms with Crippen LogP contribution in [-0.2, 0) is 4.74 Å². The van der Waals surface area contributed by atoms with E-state index in [0.29, 0.717) is 5.70 Å². The number of hydrogen-bond acceptors (Lipinski definition) is 3. The fraction of sp³-hybridized carbons (Fsp3) is 0.167. The first-order valence-electron chi connectivity index (χ1n) is 4.57. The maximum Gasteiger partial charge on any atom is 0.118 e. The molecule has 0 atom stereocenters. The number of ether oxygens (including phenoxy) is 2. The summed E-state index contributed by atoms with van der Waals surface area (Å²) in [4.78, 5) is 0. The van der Waals surface area contributed by atoms with Crippen LogP contribution in [0.1, 0.15) is 5.56 Å². The molecule has 1 aromatic carbocycles. The Labute approximate surface area is 89.8 Å². The quantitative estimate of drug-likeness (QED) is 0.605. The van der Waals surface area contributed by atoms with Gasteiger partial charge in [-0.2, -0.15) is 0 Å². The fourth-order valence-corrected chi connectivity index (χ4v) is 1.09. The lowest BCUT2D eigenvalue weighted by Crippen LogP contribution is -1.92. The zero-order valence-corrected chi connectivity index (χ0v) is 8.94. The number of nitrogens with two attached hydrogens (primary N) is 1. The number of rotatable bonds is 4. The molecule has 0 aromatic heterocycles. The lowest BCUT2D eigenvalue weighted by Gasteiger charge is -1.99. The molecular formula is C12H15NO2. The van der Waals surface area contributed by atoms with Gasteiger partial charge in [0.25, 0.3) is 0 Å². The molecule has 3 nitrogen and oxygen atoms in total. The lowest BCUT2D eigenvalue weighted by atomic mass is 10.2. The van der Waals surface area contributed by atoms with Crippen molar-refractivity contribution < 1.29 is 9.47 Å². The summed E-state index contributed by atoms with van der Waals surface area (Å²) >= 11 is 0. The topological polar surface area (TPSA) is 44.5 Å². The third-order valence-corrected chi connectivity index (χ3v) is 1.85. The van der Waals surface area contributed by atoms with E-state index >= 15 is 0 Å². The number of methoxy groups -OCH3 is 2. The van der Waals surface area contributed by atoms with E-state index in [9.17, 15) is 0 Å². The highest BCUT2D eigenvalue weighted by molar-refractivity contribution is 5.55.